The van der Waals surface area contributed by atoms with E-state index >= 15 is 0 Å². The van der Waals surface area contributed by atoms with Gasteiger partial charge >= 0.3 is 0 Å². The van der Waals surface area contributed by atoms with E-state index in [-0.39, 0.29) is 12.5 Å². The molecule has 1 saturated heterocycles. The number of ether oxygens (including phenoxy) is 1. The normalized spacial score (nSPS) is 17.9. The van der Waals surface area contributed by atoms with Gasteiger partial charge in [0.1, 0.15) is 6.61 Å². The third-order valence-corrected chi connectivity index (χ3v) is 1.57. The third-order valence-electron chi connectivity index (χ3n) is 1.02. The van der Waals surface area contributed by atoms with Gasteiger partial charge in [-0.25, -0.2) is 0 Å². The Hall–Kier alpha value is -0.140. The van der Waals surface area contributed by atoms with Gasteiger partial charge in [-0.15, -0.1) is 0 Å². The number of rotatable bonds is 0. The first-order valence-corrected chi connectivity index (χ1v) is 3.95. The number of hydrogen-bond donors (Lipinski definition) is 0. The summed E-state index contributed by atoms with van der Waals surface area (Å²) in [5.74, 6) is 0.0428. The second-order valence-corrected chi connectivity index (χ2v) is 2.26. The van der Waals surface area contributed by atoms with E-state index in [1.807, 2.05) is 13.8 Å². The lowest BCUT2D eigenvalue weighted by atomic mass is 10.5. The Morgan fingerprint density at radius 2 is 2.20 bits per heavy atom. The van der Waals surface area contributed by atoms with Crippen LogP contribution in [-0.4, -0.2) is 30.3 Å². The Labute approximate surface area is 64.0 Å². The molecule has 0 bridgehead atoms. The summed E-state index contributed by atoms with van der Waals surface area (Å²) in [6, 6.07) is 0. The van der Waals surface area contributed by atoms with Crippen molar-refractivity contribution in [1.29, 1.82) is 0 Å². The second-order valence-electron chi connectivity index (χ2n) is 1.64. The van der Waals surface area contributed by atoms with Crippen molar-refractivity contribution in [2.24, 2.45) is 0 Å². The van der Waals surface area contributed by atoms with Gasteiger partial charge in [0.05, 0.1) is 6.61 Å². The first kappa shape index (κ1) is 9.86. The SMILES string of the molecule is CC.O=C1COCCN1P. The molecule has 1 aliphatic rings. The summed E-state index contributed by atoms with van der Waals surface area (Å²) in [5.41, 5.74) is 0. The summed E-state index contributed by atoms with van der Waals surface area (Å²) < 4.78 is 6.43. The number of morpholine rings is 1. The fourth-order valence-corrected chi connectivity index (χ4v) is 0.710. The lowest BCUT2D eigenvalue weighted by molar-refractivity contribution is -0.135. The molecule has 0 saturated carbocycles. The standard InChI is InChI=1S/C4H8NO2P.C2H6/c6-4-3-7-2-1-5(4)8;1-2/h1-3,8H2;1-2H3. The van der Waals surface area contributed by atoms with Crippen molar-refractivity contribution in [3.8, 4) is 0 Å². The molecule has 3 nitrogen and oxygen atoms in total. The molecular formula is C6H14NO2P. The molecule has 10 heavy (non-hydrogen) atoms. The predicted octanol–water partition coefficient (Wildman–Crippen LogP) is 0.661. The average molecular weight is 163 g/mol. The first-order valence-electron chi connectivity index (χ1n) is 3.43. The molecule has 1 heterocycles. The van der Waals surface area contributed by atoms with Gasteiger partial charge in [0.2, 0.25) is 0 Å². The Balaban J connectivity index is 0.000000371. The smallest absolute Gasteiger partial charge is 0.251 e. The Kier molecular flexibility index (Phi) is 5.55. The van der Waals surface area contributed by atoms with Gasteiger partial charge in [0.15, 0.2) is 0 Å². The van der Waals surface area contributed by atoms with Crippen molar-refractivity contribution in [3.63, 3.8) is 0 Å². The molecule has 1 rings (SSSR count). The molecule has 1 fully saturated rings. The minimum Gasteiger partial charge on any atom is -0.370 e. The van der Waals surface area contributed by atoms with Crippen molar-refractivity contribution in [2.45, 2.75) is 13.8 Å². The summed E-state index contributed by atoms with van der Waals surface area (Å²) in [7, 11) is 2.35. The minimum absolute atomic E-state index is 0.0428. The lowest BCUT2D eigenvalue weighted by Gasteiger charge is -2.21. The maximum atomic E-state index is 10.6. The largest absolute Gasteiger partial charge is 0.370 e. The molecule has 0 N–H and O–H groups in total. The predicted molar refractivity (Wildman–Crippen MR) is 43.6 cm³/mol. The molecule has 60 valence electrons. The zero-order valence-electron chi connectivity index (χ0n) is 6.46. The molecule has 0 radical (unpaired) electrons. The molecule has 0 aromatic carbocycles. The fraction of sp³-hybridized carbons (Fsp3) is 0.833. The quantitative estimate of drug-likeness (QED) is 0.491. The molecule has 1 unspecified atom stereocenters. The van der Waals surface area contributed by atoms with Crippen LogP contribution in [0.1, 0.15) is 13.8 Å². The average Bonchev–Trinajstić information content (AvgIpc) is 2.00. The second kappa shape index (κ2) is 5.63. The van der Waals surface area contributed by atoms with E-state index in [4.69, 9.17) is 4.74 Å². The molecule has 0 aromatic rings. The van der Waals surface area contributed by atoms with E-state index in [9.17, 15) is 4.79 Å². The van der Waals surface area contributed by atoms with Crippen LogP contribution < -0.4 is 0 Å². The van der Waals surface area contributed by atoms with Crippen molar-refractivity contribution in [3.05, 3.63) is 0 Å². The Bertz CT molecular complexity index is 108. The van der Waals surface area contributed by atoms with Gasteiger partial charge in [-0.2, -0.15) is 0 Å². The molecule has 1 atom stereocenters. The van der Waals surface area contributed by atoms with Gasteiger partial charge in [0, 0.05) is 6.54 Å². The first-order chi connectivity index (χ1) is 4.80. The number of carbonyl (C=O) groups excluding carboxylic acids is 1. The van der Waals surface area contributed by atoms with Crippen LogP contribution in [0.3, 0.4) is 0 Å². The van der Waals surface area contributed by atoms with Crippen molar-refractivity contribution in [1.82, 2.24) is 4.67 Å². The zero-order valence-corrected chi connectivity index (χ0v) is 7.62. The summed E-state index contributed by atoms with van der Waals surface area (Å²) >= 11 is 0. The summed E-state index contributed by atoms with van der Waals surface area (Å²) in [5, 5.41) is 0. The molecule has 0 aromatic heterocycles. The molecule has 1 amide bonds. The van der Waals surface area contributed by atoms with Gasteiger partial charge < -0.3 is 9.41 Å². The monoisotopic (exact) mass is 163 g/mol. The third kappa shape index (κ3) is 3.14. The summed E-state index contributed by atoms with van der Waals surface area (Å²) in [6.07, 6.45) is 0. The number of carbonyl (C=O) groups is 1. The molecule has 1 aliphatic heterocycles. The Morgan fingerprint density at radius 1 is 1.60 bits per heavy atom. The van der Waals surface area contributed by atoms with Crippen LogP contribution in [0.4, 0.5) is 0 Å². The fourth-order valence-electron chi connectivity index (χ4n) is 0.530. The number of amides is 1. The van der Waals surface area contributed by atoms with Crippen LogP contribution in [0.25, 0.3) is 0 Å². The number of nitrogens with zero attached hydrogens (tertiary/aromatic N) is 1. The molecular weight excluding hydrogens is 149 g/mol. The number of hydrogen-bond acceptors (Lipinski definition) is 2. The van der Waals surface area contributed by atoms with Crippen molar-refractivity contribution >= 4 is 15.3 Å². The van der Waals surface area contributed by atoms with Gasteiger partial charge in [0.25, 0.3) is 5.91 Å². The highest BCUT2D eigenvalue weighted by Crippen LogP contribution is 2.03. The van der Waals surface area contributed by atoms with Crippen LogP contribution in [-0.2, 0) is 9.53 Å². The minimum atomic E-state index is 0.0428. The van der Waals surface area contributed by atoms with Crippen LogP contribution in [0, 0.1) is 0 Å². The maximum Gasteiger partial charge on any atom is 0.251 e. The van der Waals surface area contributed by atoms with Crippen molar-refractivity contribution < 1.29 is 9.53 Å². The topological polar surface area (TPSA) is 29.5 Å². The van der Waals surface area contributed by atoms with Crippen LogP contribution >= 0.6 is 9.39 Å². The van der Waals surface area contributed by atoms with Crippen LogP contribution in [0.15, 0.2) is 0 Å². The molecule has 0 spiro atoms. The van der Waals surface area contributed by atoms with E-state index in [0.717, 1.165) is 0 Å². The van der Waals surface area contributed by atoms with Crippen molar-refractivity contribution in [2.75, 3.05) is 19.8 Å². The zero-order chi connectivity index (χ0) is 7.98. The summed E-state index contributed by atoms with van der Waals surface area (Å²) in [6.45, 7) is 5.60. The summed E-state index contributed by atoms with van der Waals surface area (Å²) in [4.78, 5) is 10.6. The maximum absolute atomic E-state index is 10.6. The van der Waals surface area contributed by atoms with Gasteiger partial charge in [-0.3, -0.25) is 4.79 Å². The highest BCUT2D eigenvalue weighted by atomic mass is 31.0. The van der Waals surface area contributed by atoms with Gasteiger partial charge in [-0.1, -0.05) is 13.8 Å². The van der Waals surface area contributed by atoms with E-state index in [1.165, 1.54) is 0 Å². The van der Waals surface area contributed by atoms with E-state index in [2.05, 4.69) is 9.39 Å². The molecule has 4 heteroatoms. The van der Waals surface area contributed by atoms with E-state index in [1.54, 1.807) is 4.67 Å². The van der Waals surface area contributed by atoms with Crippen LogP contribution in [0.5, 0.6) is 0 Å². The Morgan fingerprint density at radius 3 is 2.50 bits per heavy atom. The van der Waals surface area contributed by atoms with E-state index < -0.39 is 0 Å². The highest BCUT2D eigenvalue weighted by molar-refractivity contribution is 7.14. The van der Waals surface area contributed by atoms with Crippen LogP contribution in [0.2, 0.25) is 0 Å². The van der Waals surface area contributed by atoms with E-state index in [0.29, 0.717) is 13.2 Å². The lowest BCUT2D eigenvalue weighted by Crippen LogP contribution is -2.34. The highest BCUT2D eigenvalue weighted by Gasteiger charge is 2.12. The molecule has 0 aliphatic carbocycles. The van der Waals surface area contributed by atoms with Gasteiger partial charge in [-0.05, 0) is 9.39 Å².